The van der Waals surface area contributed by atoms with E-state index in [0.717, 1.165) is 43.2 Å². The molecule has 1 aliphatic rings. The molecule has 0 aliphatic carbocycles. The Morgan fingerprint density at radius 2 is 2.10 bits per heavy atom. The molecule has 0 bridgehead atoms. The Bertz CT molecular complexity index is 636. The lowest BCUT2D eigenvalue weighted by molar-refractivity contribution is 0.0642. The number of hydrogen-bond donors (Lipinski definition) is 0. The molecule has 0 spiro atoms. The zero-order valence-electron chi connectivity index (χ0n) is 12.2. The summed E-state index contributed by atoms with van der Waals surface area (Å²) in [5.74, 6) is 1.45. The molecule has 3 rings (SSSR count). The highest BCUT2D eigenvalue weighted by molar-refractivity contribution is 6.29. The Morgan fingerprint density at radius 1 is 1.33 bits per heavy atom. The van der Waals surface area contributed by atoms with E-state index in [1.807, 2.05) is 18.5 Å². The van der Waals surface area contributed by atoms with Gasteiger partial charge in [-0.1, -0.05) is 11.6 Å². The van der Waals surface area contributed by atoms with E-state index in [1.165, 1.54) is 0 Å². The van der Waals surface area contributed by atoms with Gasteiger partial charge in [-0.15, -0.1) is 0 Å². The van der Waals surface area contributed by atoms with Crippen molar-refractivity contribution in [2.24, 2.45) is 0 Å². The first kappa shape index (κ1) is 14.4. The maximum Gasteiger partial charge on any atom is 0.221 e. The van der Waals surface area contributed by atoms with Crippen LogP contribution in [0.15, 0.2) is 18.3 Å². The Morgan fingerprint density at radius 3 is 2.81 bits per heavy atom. The van der Waals surface area contributed by atoms with Gasteiger partial charge >= 0.3 is 0 Å². The summed E-state index contributed by atoms with van der Waals surface area (Å²) in [6.45, 7) is 5.56. The molecule has 0 N–H and O–H groups in total. The van der Waals surface area contributed by atoms with Crippen molar-refractivity contribution in [3.8, 4) is 11.6 Å². The van der Waals surface area contributed by atoms with Crippen LogP contribution in [-0.4, -0.2) is 28.0 Å². The highest BCUT2D eigenvalue weighted by atomic mass is 35.5. The maximum absolute atomic E-state index is 6.03. The van der Waals surface area contributed by atoms with Crippen LogP contribution in [-0.2, 0) is 4.74 Å². The number of ether oxygens (including phenoxy) is 2. The number of aromatic nitrogens is 3. The van der Waals surface area contributed by atoms with Gasteiger partial charge in [-0.25, -0.2) is 9.67 Å². The minimum absolute atomic E-state index is 0.318. The number of rotatable bonds is 3. The van der Waals surface area contributed by atoms with Gasteiger partial charge < -0.3 is 9.47 Å². The van der Waals surface area contributed by atoms with Gasteiger partial charge in [0.2, 0.25) is 5.88 Å². The lowest BCUT2D eigenvalue weighted by atomic mass is 10.1. The zero-order chi connectivity index (χ0) is 14.8. The van der Waals surface area contributed by atoms with Crippen molar-refractivity contribution in [2.45, 2.75) is 32.7 Å². The molecule has 0 amide bonds. The van der Waals surface area contributed by atoms with Gasteiger partial charge in [0, 0.05) is 31.0 Å². The average molecular weight is 308 g/mol. The fraction of sp³-hybridized carbons (Fsp3) is 0.467. The smallest absolute Gasteiger partial charge is 0.221 e. The first-order valence-corrected chi connectivity index (χ1v) is 7.46. The quantitative estimate of drug-likeness (QED) is 0.811. The monoisotopic (exact) mass is 307 g/mol. The standard InChI is InChI=1S/C15H18ClN3O2/c1-10-11(2)18-19(12-4-7-20-8-5-12)15(10)21-13-3-6-17-14(16)9-13/h3,6,9,12H,4-5,7-8H2,1-2H3. The van der Waals surface area contributed by atoms with Crippen LogP contribution in [0.1, 0.15) is 30.1 Å². The number of pyridine rings is 1. The van der Waals surface area contributed by atoms with Gasteiger partial charge in [0.1, 0.15) is 10.9 Å². The van der Waals surface area contributed by atoms with Crippen LogP contribution in [0.3, 0.4) is 0 Å². The third-order valence-corrected chi connectivity index (χ3v) is 3.99. The summed E-state index contributed by atoms with van der Waals surface area (Å²) < 4.78 is 13.4. The van der Waals surface area contributed by atoms with Crippen LogP contribution < -0.4 is 4.74 Å². The molecule has 21 heavy (non-hydrogen) atoms. The Kier molecular flexibility index (Phi) is 4.12. The van der Waals surface area contributed by atoms with E-state index in [0.29, 0.717) is 16.9 Å². The molecule has 0 atom stereocenters. The summed E-state index contributed by atoms with van der Waals surface area (Å²) in [7, 11) is 0. The largest absolute Gasteiger partial charge is 0.439 e. The van der Waals surface area contributed by atoms with Gasteiger partial charge in [-0.2, -0.15) is 5.10 Å². The zero-order valence-corrected chi connectivity index (χ0v) is 12.9. The molecule has 3 heterocycles. The number of aryl methyl sites for hydroxylation is 1. The van der Waals surface area contributed by atoms with Crippen LogP contribution in [0, 0.1) is 13.8 Å². The molecule has 0 aromatic carbocycles. The molecular formula is C15H18ClN3O2. The van der Waals surface area contributed by atoms with Crippen molar-refractivity contribution in [1.82, 2.24) is 14.8 Å². The van der Waals surface area contributed by atoms with Gasteiger partial charge in [0.15, 0.2) is 0 Å². The highest BCUT2D eigenvalue weighted by Gasteiger charge is 2.23. The molecule has 0 unspecified atom stereocenters. The third-order valence-electron chi connectivity index (χ3n) is 3.78. The van der Waals surface area contributed by atoms with Crippen LogP contribution in [0.4, 0.5) is 0 Å². The third kappa shape index (κ3) is 3.04. The van der Waals surface area contributed by atoms with Gasteiger partial charge in [0.05, 0.1) is 11.7 Å². The molecule has 1 saturated heterocycles. The first-order chi connectivity index (χ1) is 10.1. The molecule has 6 heteroatoms. The molecule has 0 radical (unpaired) electrons. The van der Waals surface area contributed by atoms with E-state index in [-0.39, 0.29) is 0 Å². The summed E-state index contributed by atoms with van der Waals surface area (Å²) >= 11 is 5.91. The second kappa shape index (κ2) is 6.03. The topological polar surface area (TPSA) is 49.2 Å². The number of hydrogen-bond acceptors (Lipinski definition) is 4. The lowest BCUT2D eigenvalue weighted by Gasteiger charge is -2.24. The molecule has 1 fully saturated rings. The number of halogens is 1. The average Bonchev–Trinajstić information content (AvgIpc) is 2.77. The SMILES string of the molecule is Cc1nn(C2CCOCC2)c(Oc2ccnc(Cl)c2)c1C. The summed E-state index contributed by atoms with van der Waals surface area (Å²) in [4.78, 5) is 3.97. The Balaban J connectivity index is 1.93. The Labute approximate surface area is 128 Å². The minimum Gasteiger partial charge on any atom is -0.439 e. The summed E-state index contributed by atoms with van der Waals surface area (Å²) in [5, 5.41) is 5.06. The predicted molar refractivity (Wildman–Crippen MR) is 80.1 cm³/mol. The van der Waals surface area contributed by atoms with Crippen molar-refractivity contribution >= 4 is 11.6 Å². The van der Waals surface area contributed by atoms with Crippen LogP contribution >= 0.6 is 11.6 Å². The fourth-order valence-electron chi connectivity index (χ4n) is 2.47. The summed E-state index contributed by atoms with van der Waals surface area (Å²) in [6.07, 6.45) is 3.54. The van der Waals surface area contributed by atoms with Crippen LogP contribution in [0.5, 0.6) is 11.6 Å². The summed E-state index contributed by atoms with van der Waals surface area (Å²) in [5.41, 5.74) is 2.03. The van der Waals surface area contributed by atoms with Crippen molar-refractivity contribution < 1.29 is 9.47 Å². The molecule has 5 nitrogen and oxygen atoms in total. The Hall–Kier alpha value is -1.59. The van der Waals surface area contributed by atoms with E-state index in [1.54, 1.807) is 18.3 Å². The van der Waals surface area contributed by atoms with E-state index >= 15 is 0 Å². The minimum atomic E-state index is 0.318. The van der Waals surface area contributed by atoms with E-state index in [4.69, 9.17) is 21.1 Å². The number of nitrogens with zero attached hydrogens (tertiary/aromatic N) is 3. The molecule has 0 saturated carbocycles. The summed E-state index contributed by atoms with van der Waals surface area (Å²) in [6, 6.07) is 3.82. The molecule has 112 valence electrons. The van der Waals surface area contributed by atoms with E-state index in [2.05, 4.69) is 10.1 Å². The normalized spacial score (nSPS) is 16.1. The van der Waals surface area contributed by atoms with E-state index < -0.39 is 0 Å². The van der Waals surface area contributed by atoms with Gasteiger partial charge in [0.25, 0.3) is 0 Å². The molecule has 2 aromatic rings. The first-order valence-electron chi connectivity index (χ1n) is 7.08. The molecule has 2 aromatic heterocycles. The van der Waals surface area contributed by atoms with Crippen LogP contribution in [0.25, 0.3) is 0 Å². The van der Waals surface area contributed by atoms with Crippen molar-refractivity contribution in [1.29, 1.82) is 0 Å². The molecule has 1 aliphatic heterocycles. The van der Waals surface area contributed by atoms with E-state index in [9.17, 15) is 0 Å². The maximum atomic E-state index is 6.03. The second-order valence-corrected chi connectivity index (χ2v) is 5.61. The van der Waals surface area contributed by atoms with Crippen LogP contribution in [0.2, 0.25) is 5.15 Å². The van der Waals surface area contributed by atoms with Crippen molar-refractivity contribution in [3.05, 3.63) is 34.7 Å². The van der Waals surface area contributed by atoms with Crippen molar-refractivity contribution in [2.75, 3.05) is 13.2 Å². The van der Waals surface area contributed by atoms with Gasteiger partial charge in [-0.05, 0) is 32.8 Å². The second-order valence-electron chi connectivity index (χ2n) is 5.22. The highest BCUT2D eigenvalue weighted by Crippen LogP contribution is 2.33. The molecular weight excluding hydrogens is 290 g/mol. The fourth-order valence-corrected chi connectivity index (χ4v) is 2.63. The predicted octanol–water partition coefficient (Wildman–Crippen LogP) is 3.69. The van der Waals surface area contributed by atoms with Gasteiger partial charge in [-0.3, -0.25) is 0 Å². The lowest BCUT2D eigenvalue weighted by Crippen LogP contribution is -2.21. The van der Waals surface area contributed by atoms with Crippen molar-refractivity contribution in [3.63, 3.8) is 0 Å².